The number of hydrogen-bond donors (Lipinski definition) is 0. The number of piperidine rings is 1. The molecule has 1 amide bonds. The molecule has 5 nitrogen and oxygen atoms in total. The molecule has 1 aromatic rings. The maximum absolute atomic E-state index is 12.6. The summed E-state index contributed by atoms with van der Waals surface area (Å²) >= 11 is 0. The molecule has 4 rings (SSSR count). The highest BCUT2D eigenvalue weighted by atomic mass is 16.2. The summed E-state index contributed by atoms with van der Waals surface area (Å²) in [5.41, 5.74) is 1.49. The number of nitrogens with zero attached hydrogens (tertiary/aromatic N) is 4. The normalized spacial score (nSPS) is 24.6. The van der Waals surface area contributed by atoms with Gasteiger partial charge in [-0.25, -0.2) is 4.68 Å². The predicted molar refractivity (Wildman–Crippen MR) is 83.3 cm³/mol. The van der Waals surface area contributed by atoms with E-state index in [4.69, 9.17) is 0 Å². The number of rotatable bonds is 3. The van der Waals surface area contributed by atoms with Crippen molar-refractivity contribution in [3.05, 3.63) is 11.9 Å². The van der Waals surface area contributed by atoms with Crippen LogP contribution in [0, 0.1) is 5.41 Å². The Labute approximate surface area is 132 Å². The Morgan fingerprint density at radius 2 is 1.95 bits per heavy atom. The molecule has 0 unspecified atom stereocenters. The summed E-state index contributed by atoms with van der Waals surface area (Å²) in [5.74, 6) is 0.821. The van der Waals surface area contributed by atoms with Crippen LogP contribution in [0.5, 0.6) is 0 Å². The molecule has 3 aliphatic rings. The molecule has 2 heterocycles. The van der Waals surface area contributed by atoms with Crippen molar-refractivity contribution in [3.8, 4) is 0 Å². The van der Waals surface area contributed by atoms with Crippen molar-refractivity contribution in [1.29, 1.82) is 0 Å². The van der Waals surface area contributed by atoms with E-state index in [1.807, 2.05) is 6.20 Å². The molecule has 1 aliphatic heterocycles. The van der Waals surface area contributed by atoms with Crippen molar-refractivity contribution in [3.63, 3.8) is 0 Å². The molecule has 0 aromatic carbocycles. The summed E-state index contributed by atoms with van der Waals surface area (Å²) in [6.07, 6.45) is 13.6. The second-order valence-electron chi connectivity index (χ2n) is 7.59. The first-order chi connectivity index (χ1) is 10.7. The van der Waals surface area contributed by atoms with Gasteiger partial charge in [0.05, 0.1) is 5.69 Å². The van der Waals surface area contributed by atoms with Crippen LogP contribution in [0.3, 0.4) is 0 Å². The molecule has 0 bridgehead atoms. The average molecular weight is 302 g/mol. The zero-order chi connectivity index (χ0) is 15.0. The van der Waals surface area contributed by atoms with E-state index in [1.54, 1.807) is 4.68 Å². The zero-order valence-corrected chi connectivity index (χ0v) is 13.3. The molecule has 5 heteroatoms. The Kier molecular flexibility index (Phi) is 3.66. The van der Waals surface area contributed by atoms with Gasteiger partial charge in [0.2, 0.25) is 5.91 Å². The van der Waals surface area contributed by atoms with Crippen LogP contribution in [0.2, 0.25) is 0 Å². The van der Waals surface area contributed by atoms with Crippen LogP contribution in [0.25, 0.3) is 0 Å². The van der Waals surface area contributed by atoms with E-state index in [1.165, 1.54) is 51.4 Å². The molecule has 0 atom stereocenters. The SMILES string of the molecule is O=C(Cn1cc(C2CC2)nn1)N1CCCC2(CCCCC2)C1. The Hall–Kier alpha value is -1.39. The van der Waals surface area contributed by atoms with Crippen molar-refractivity contribution in [1.82, 2.24) is 19.9 Å². The first kappa shape index (κ1) is 14.2. The van der Waals surface area contributed by atoms with Gasteiger partial charge in [-0.3, -0.25) is 4.79 Å². The standard InChI is InChI=1S/C17H26N4O/c22-16(12-21-11-15(18-19-21)14-5-6-14)20-10-4-9-17(13-20)7-2-1-3-8-17/h11,14H,1-10,12-13H2. The van der Waals surface area contributed by atoms with E-state index >= 15 is 0 Å². The van der Waals surface area contributed by atoms with Crippen molar-refractivity contribution >= 4 is 5.91 Å². The summed E-state index contributed by atoms with van der Waals surface area (Å²) in [7, 11) is 0. The molecule has 0 N–H and O–H groups in total. The van der Waals surface area contributed by atoms with E-state index in [0.29, 0.717) is 17.9 Å². The fourth-order valence-corrected chi connectivity index (χ4v) is 4.33. The molecule has 120 valence electrons. The summed E-state index contributed by atoms with van der Waals surface area (Å²) in [6.45, 7) is 2.25. The fourth-order valence-electron chi connectivity index (χ4n) is 4.33. The van der Waals surface area contributed by atoms with E-state index in [0.717, 1.165) is 25.2 Å². The third kappa shape index (κ3) is 2.90. The van der Waals surface area contributed by atoms with E-state index in [-0.39, 0.29) is 5.91 Å². The van der Waals surface area contributed by atoms with E-state index in [2.05, 4.69) is 15.2 Å². The molecule has 1 spiro atoms. The highest BCUT2D eigenvalue weighted by Gasteiger charge is 2.37. The maximum atomic E-state index is 12.6. The van der Waals surface area contributed by atoms with Gasteiger partial charge in [-0.15, -0.1) is 5.10 Å². The second-order valence-corrected chi connectivity index (χ2v) is 7.59. The molecule has 2 aliphatic carbocycles. The average Bonchev–Trinajstić information content (AvgIpc) is 3.28. The molecule has 3 fully saturated rings. The summed E-state index contributed by atoms with van der Waals surface area (Å²) in [5, 5.41) is 8.34. The van der Waals surface area contributed by atoms with Crippen molar-refractivity contribution in [2.45, 2.75) is 70.3 Å². The quantitative estimate of drug-likeness (QED) is 0.862. The summed E-state index contributed by atoms with van der Waals surface area (Å²) < 4.78 is 1.73. The van der Waals surface area contributed by atoms with Gasteiger partial charge in [0, 0.05) is 25.2 Å². The van der Waals surface area contributed by atoms with Crippen LogP contribution in [-0.4, -0.2) is 38.9 Å². The lowest BCUT2D eigenvalue weighted by Crippen LogP contribution is -2.47. The van der Waals surface area contributed by atoms with Crippen molar-refractivity contribution in [2.75, 3.05) is 13.1 Å². The number of aromatic nitrogens is 3. The Bertz CT molecular complexity index is 537. The van der Waals surface area contributed by atoms with Crippen LogP contribution in [0.1, 0.15) is 69.4 Å². The monoisotopic (exact) mass is 302 g/mol. The lowest BCUT2D eigenvalue weighted by atomic mass is 9.69. The highest BCUT2D eigenvalue weighted by Crippen LogP contribution is 2.43. The largest absolute Gasteiger partial charge is 0.341 e. The van der Waals surface area contributed by atoms with E-state index in [9.17, 15) is 4.79 Å². The molecule has 1 saturated heterocycles. The van der Waals surface area contributed by atoms with Gasteiger partial charge in [-0.1, -0.05) is 24.5 Å². The molecule has 0 radical (unpaired) electrons. The molecular weight excluding hydrogens is 276 g/mol. The third-order valence-electron chi connectivity index (χ3n) is 5.78. The van der Waals surface area contributed by atoms with Crippen LogP contribution in [0.4, 0.5) is 0 Å². The van der Waals surface area contributed by atoms with Gasteiger partial charge in [-0.2, -0.15) is 0 Å². The summed E-state index contributed by atoms with van der Waals surface area (Å²) in [6, 6.07) is 0. The zero-order valence-electron chi connectivity index (χ0n) is 13.3. The van der Waals surface area contributed by atoms with Crippen molar-refractivity contribution in [2.24, 2.45) is 5.41 Å². The minimum Gasteiger partial charge on any atom is -0.341 e. The molecule has 1 aromatic heterocycles. The number of likely N-dealkylation sites (tertiary alicyclic amines) is 1. The first-order valence-electron chi connectivity index (χ1n) is 8.92. The minimum atomic E-state index is 0.219. The number of amides is 1. The van der Waals surface area contributed by atoms with Gasteiger partial charge in [0.25, 0.3) is 0 Å². The fraction of sp³-hybridized carbons (Fsp3) is 0.824. The van der Waals surface area contributed by atoms with Gasteiger partial charge in [0.1, 0.15) is 6.54 Å². The number of carbonyl (C=O) groups excluding carboxylic acids is 1. The lowest BCUT2D eigenvalue weighted by Gasteiger charge is -2.45. The van der Waals surface area contributed by atoms with Crippen LogP contribution in [-0.2, 0) is 11.3 Å². The minimum absolute atomic E-state index is 0.219. The summed E-state index contributed by atoms with van der Waals surface area (Å²) in [4.78, 5) is 14.7. The third-order valence-corrected chi connectivity index (χ3v) is 5.78. The topological polar surface area (TPSA) is 51.0 Å². The van der Waals surface area contributed by atoms with Crippen LogP contribution >= 0.6 is 0 Å². The van der Waals surface area contributed by atoms with Gasteiger partial charge < -0.3 is 4.90 Å². The molecular formula is C17H26N4O. The Balaban J connectivity index is 1.38. The highest BCUT2D eigenvalue weighted by molar-refractivity contribution is 5.76. The Morgan fingerprint density at radius 1 is 1.18 bits per heavy atom. The Morgan fingerprint density at radius 3 is 2.73 bits per heavy atom. The molecule has 22 heavy (non-hydrogen) atoms. The van der Waals surface area contributed by atoms with Crippen molar-refractivity contribution < 1.29 is 4.79 Å². The maximum Gasteiger partial charge on any atom is 0.244 e. The van der Waals surface area contributed by atoms with Crippen LogP contribution in [0.15, 0.2) is 6.20 Å². The number of hydrogen-bond acceptors (Lipinski definition) is 3. The molecule has 2 saturated carbocycles. The van der Waals surface area contributed by atoms with Gasteiger partial charge in [0.15, 0.2) is 0 Å². The lowest BCUT2D eigenvalue weighted by molar-refractivity contribution is -0.136. The smallest absolute Gasteiger partial charge is 0.244 e. The predicted octanol–water partition coefficient (Wildman–Crippen LogP) is 2.73. The number of carbonyl (C=O) groups is 1. The first-order valence-corrected chi connectivity index (χ1v) is 8.92. The van der Waals surface area contributed by atoms with E-state index < -0.39 is 0 Å². The van der Waals surface area contributed by atoms with Crippen LogP contribution < -0.4 is 0 Å². The van der Waals surface area contributed by atoms with Gasteiger partial charge >= 0.3 is 0 Å². The second kappa shape index (κ2) is 5.67. The van der Waals surface area contributed by atoms with Gasteiger partial charge in [-0.05, 0) is 43.9 Å².